The van der Waals surface area contributed by atoms with Gasteiger partial charge in [-0.1, -0.05) is 12.1 Å². The van der Waals surface area contributed by atoms with Crippen LogP contribution in [0.5, 0.6) is 0 Å². The summed E-state index contributed by atoms with van der Waals surface area (Å²) in [4.78, 5) is 1.05. The Bertz CT molecular complexity index is 271. The number of hydrogen-bond acceptors (Lipinski definition) is 3. The van der Waals surface area contributed by atoms with Crippen LogP contribution in [0.2, 0.25) is 0 Å². The van der Waals surface area contributed by atoms with Gasteiger partial charge in [0.05, 0.1) is 6.07 Å². The minimum Gasteiger partial charge on any atom is -0.294 e. The van der Waals surface area contributed by atoms with Crippen molar-refractivity contribution in [2.75, 3.05) is 6.54 Å². The van der Waals surface area contributed by atoms with E-state index in [2.05, 4.69) is 18.0 Å². The lowest BCUT2D eigenvalue weighted by molar-refractivity contribution is 0.694. The molecule has 3 heteroatoms. The van der Waals surface area contributed by atoms with Crippen LogP contribution in [-0.4, -0.2) is 6.54 Å². The zero-order valence-corrected chi connectivity index (χ0v) is 7.47. The molecule has 1 N–H and O–H groups in total. The van der Waals surface area contributed by atoms with Crippen LogP contribution in [0, 0.1) is 11.3 Å². The SMILES string of the molecule is C=CCNC(C#N)c1cccs1. The van der Waals surface area contributed by atoms with Crippen LogP contribution in [0.15, 0.2) is 30.2 Å². The van der Waals surface area contributed by atoms with Crippen molar-refractivity contribution < 1.29 is 0 Å². The Hall–Kier alpha value is -1.11. The van der Waals surface area contributed by atoms with Gasteiger partial charge in [-0.15, -0.1) is 17.9 Å². The topological polar surface area (TPSA) is 35.8 Å². The fourth-order valence-corrected chi connectivity index (χ4v) is 1.61. The van der Waals surface area contributed by atoms with Crippen molar-refractivity contribution in [1.82, 2.24) is 5.32 Å². The van der Waals surface area contributed by atoms with Crippen LogP contribution in [0.4, 0.5) is 0 Å². The molecule has 0 fully saturated rings. The Kier molecular flexibility index (Phi) is 3.52. The van der Waals surface area contributed by atoms with E-state index in [1.807, 2.05) is 17.5 Å². The zero-order valence-electron chi connectivity index (χ0n) is 6.66. The number of hydrogen-bond donors (Lipinski definition) is 1. The van der Waals surface area contributed by atoms with E-state index in [-0.39, 0.29) is 6.04 Å². The molecule has 0 spiro atoms. The molecule has 0 aliphatic rings. The second-order valence-electron chi connectivity index (χ2n) is 2.27. The molecule has 0 saturated heterocycles. The minimum atomic E-state index is -0.192. The third-order valence-electron chi connectivity index (χ3n) is 1.42. The van der Waals surface area contributed by atoms with Gasteiger partial charge in [0.1, 0.15) is 6.04 Å². The maximum Gasteiger partial charge on any atom is 0.130 e. The van der Waals surface area contributed by atoms with E-state index < -0.39 is 0 Å². The highest BCUT2D eigenvalue weighted by atomic mass is 32.1. The summed E-state index contributed by atoms with van der Waals surface area (Å²) in [7, 11) is 0. The molecular weight excluding hydrogens is 168 g/mol. The summed E-state index contributed by atoms with van der Waals surface area (Å²) in [6.07, 6.45) is 1.75. The molecule has 1 atom stereocenters. The van der Waals surface area contributed by atoms with Crippen molar-refractivity contribution in [2.24, 2.45) is 0 Å². The molecule has 62 valence electrons. The molecular formula is C9H10N2S. The van der Waals surface area contributed by atoms with E-state index in [1.54, 1.807) is 17.4 Å². The maximum atomic E-state index is 8.78. The predicted molar refractivity (Wildman–Crippen MR) is 50.9 cm³/mol. The Labute approximate surface area is 76.1 Å². The van der Waals surface area contributed by atoms with Crippen molar-refractivity contribution >= 4 is 11.3 Å². The number of nitrogens with one attached hydrogen (secondary N) is 1. The van der Waals surface area contributed by atoms with Crippen LogP contribution in [-0.2, 0) is 0 Å². The van der Waals surface area contributed by atoms with Gasteiger partial charge in [0.15, 0.2) is 0 Å². The summed E-state index contributed by atoms with van der Waals surface area (Å²) >= 11 is 1.59. The zero-order chi connectivity index (χ0) is 8.81. The average molecular weight is 178 g/mol. The van der Waals surface area contributed by atoms with Crippen molar-refractivity contribution in [3.05, 3.63) is 35.0 Å². The smallest absolute Gasteiger partial charge is 0.130 e. The van der Waals surface area contributed by atoms with Crippen LogP contribution in [0.3, 0.4) is 0 Å². The van der Waals surface area contributed by atoms with Gasteiger partial charge in [-0.05, 0) is 11.4 Å². The van der Waals surface area contributed by atoms with E-state index in [0.29, 0.717) is 6.54 Å². The summed E-state index contributed by atoms with van der Waals surface area (Å²) < 4.78 is 0. The molecule has 1 heterocycles. The minimum absolute atomic E-state index is 0.192. The van der Waals surface area contributed by atoms with Gasteiger partial charge in [0, 0.05) is 11.4 Å². The average Bonchev–Trinajstić information content (AvgIpc) is 2.59. The standard InChI is InChI=1S/C9H10N2S/c1-2-5-11-8(7-10)9-4-3-6-12-9/h2-4,6,8,11H,1,5H2. The molecule has 2 nitrogen and oxygen atoms in total. The third kappa shape index (κ3) is 2.19. The highest BCUT2D eigenvalue weighted by Gasteiger charge is 2.08. The van der Waals surface area contributed by atoms with Crippen LogP contribution < -0.4 is 5.32 Å². The lowest BCUT2D eigenvalue weighted by Gasteiger charge is -2.05. The lowest BCUT2D eigenvalue weighted by Crippen LogP contribution is -2.18. The molecule has 0 amide bonds. The number of nitriles is 1. The number of thiophene rings is 1. The van der Waals surface area contributed by atoms with Crippen LogP contribution in [0.25, 0.3) is 0 Å². The van der Waals surface area contributed by atoms with Gasteiger partial charge in [-0.3, -0.25) is 5.32 Å². The summed E-state index contributed by atoms with van der Waals surface area (Å²) in [6.45, 7) is 4.24. The summed E-state index contributed by atoms with van der Waals surface area (Å²) in [5.74, 6) is 0. The molecule has 12 heavy (non-hydrogen) atoms. The summed E-state index contributed by atoms with van der Waals surface area (Å²) in [6, 6.07) is 5.90. The van der Waals surface area contributed by atoms with Gasteiger partial charge in [0.25, 0.3) is 0 Å². The molecule has 0 bridgehead atoms. The number of nitrogens with zero attached hydrogens (tertiary/aromatic N) is 1. The van der Waals surface area contributed by atoms with Crippen molar-refractivity contribution in [1.29, 1.82) is 5.26 Å². The van der Waals surface area contributed by atoms with E-state index >= 15 is 0 Å². The normalized spacial score (nSPS) is 11.9. The molecule has 1 aromatic rings. The first-order chi connectivity index (χ1) is 5.88. The van der Waals surface area contributed by atoms with Crippen molar-refractivity contribution in [3.8, 4) is 6.07 Å². The third-order valence-corrected chi connectivity index (χ3v) is 2.36. The second-order valence-corrected chi connectivity index (χ2v) is 3.25. The Morgan fingerprint density at radius 2 is 2.67 bits per heavy atom. The molecule has 0 aromatic carbocycles. The molecule has 1 rings (SSSR count). The molecule has 0 aliphatic heterocycles. The predicted octanol–water partition coefficient (Wildman–Crippen LogP) is 2.09. The van der Waals surface area contributed by atoms with Gasteiger partial charge in [0.2, 0.25) is 0 Å². The first kappa shape index (κ1) is 8.98. The fraction of sp³-hybridized carbons (Fsp3) is 0.222. The monoisotopic (exact) mass is 178 g/mol. The Balaban J connectivity index is 2.59. The van der Waals surface area contributed by atoms with Gasteiger partial charge in [-0.25, -0.2) is 0 Å². The Morgan fingerprint density at radius 3 is 3.17 bits per heavy atom. The summed E-state index contributed by atoms with van der Waals surface area (Å²) in [5, 5.41) is 13.8. The Morgan fingerprint density at radius 1 is 1.83 bits per heavy atom. The van der Waals surface area contributed by atoms with E-state index in [4.69, 9.17) is 5.26 Å². The van der Waals surface area contributed by atoms with E-state index in [0.717, 1.165) is 4.88 Å². The summed E-state index contributed by atoms with van der Waals surface area (Å²) in [5.41, 5.74) is 0. The van der Waals surface area contributed by atoms with Gasteiger partial charge < -0.3 is 0 Å². The van der Waals surface area contributed by atoms with Crippen molar-refractivity contribution in [3.63, 3.8) is 0 Å². The van der Waals surface area contributed by atoms with E-state index in [9.17, 15) is 0 Å². The van der Waals surface area contributed by atoms with Crippen LogP contribution in [0.1, 0.15) is 10.9 Å². The van der Waals surface area contributed by atoms with Crippen molar-refractivity contribution in [2.45, 2.75) is 6.04 Å². The van der Waals surface area contributed by atoms with E-state index in [1.165, 1.54) is 0 Å². The first-order valence-corrected chi connectivity index (χ1v) is 4.53. The lowest BCUT2D eigenvalue weighted by atomic mass is 10.2. The van der Waals surface area contributed by atoms with Gasteiger partial charge in [-0.2, -0.15) is 5.26 Å². The highest BCUT2D eigenvalue weighted by molar-refractivity contribution is 7.10. The quantitative estimate of drug-likeness (QED) is 0.716. The molecule has 0 aliphatic carbocycles. The fourth-order valence-electron chi connectivity index (χ4n) is 0.867. The van der Waals surface area contributed by atoms with Crippen LogP contribution >= 0.6 is 11.3 Å². The second kappa shape index (κ2) is 4.70. The molecule has 1 aromatic heterocycles. The first-order valence-electron chi connectivity index (χ1n) is 3.65. The maximum absolute atomic E-state index is 8.78. The largest absolute Gasteiger partial charge is 0.294 e. The molecule has 0 radical (unpaired) electrons. The molecule has 0 saturated carbocycles. The van der Waals surface area contributed by atoms with Gasteiger partial charge >= 0.3 is 0 Å². The molecule has 1 unspecified atom stereocenters. The number of rotatable bonds is 4. The highest BCUT2D eigenvalue weighted by Crippen LogP contribution is 2.17.